The third kappa shape index (κ3) is 6.64. The second-order valence-corrected chi connectivity index (χ2v) is 11.8. The molecule has 0 saturated carbocycles. The molecule has 1 aromatic heterocycles. The number of fused-ring (bicyclic) bond motifs is 3. The molecule has 45 heavy (non-hydrogen) atoms. The summed E-state index contributed by atoms with van der Waals surface area (Å²) in [6.07, 6.45) is -6.54. The standard InChI is InChI=1S/C31H32BF6NO6/c1-3-4-17(10-21-6-7-22(15-40)44-21)5-8-25-26-16(2)9-23-27(24(26)14-32(43)45-25)29(42)39(28(23)41)20-12-18(30(33,34)35)11-19(13-20)31(36,37)38/h6-7,10-13,23-25,27,40,43H,3-5,8-9,14-15H2,1-2H3/b17-10+/t23-,24+,25-,27-/m1/s1. The summed E-state index contributed by atoms with van der Waals surface area (Å²) >= 11 is 0. The van der Waals surface area contributed by atoms with E-state index >= 15 is 0 Å². The number of halogens is 6. The number of rotatable bonds is 8. The van der Waals surface area contributed by atoms with Crippen LogP contribution in [0.3, 0.4) is 0 Å². The maximum Gasteiger partial charge on any atom is 0.455 e. The Morgan fingerprint density at radius 3 is 2.27 bits per heavy atom. The summed E-state index contributed by atoms with van der Waals surface area (Å²) in [5, 5.41) is 20.0. The van der Waals surface area contributed by atoms with Crippen molar-refractivity contribution >= 4 is 30.7 Å². The third-order valence-corrected chi connectivity index (χ3v) is 8.77. The van der Waals surface area contributed by atoms with E-state index in [1.54, 1.807) is 19.1 Å². The minimum absolute atomic E-state index is 0.0521. The Kier molecular flexibility index (Phi) is 9.13. The highest BCUT2D eigenvalue weighted by molar-refractivity contribution is 6.43. The van der Waals surface area contributed by atoms with E-state index in [4.69, 9.17) is 9.07 Å². The van der Waals surface area contributed by atoms with E-state index in [1.165, 1.54) is 0 Å². The van der Waals surface area contributed by atoms with Crippen molar-refractivity contribution in [2.45, 2.75) is 77.3 Å². The number of alkyl halides is 6. The topological polar surface area (TPSA) is 100 Å². The fraction of sp³-hybridized carbons (Fsp3) is 0.484. The van der Waals surface area contributed by atoms with Gasteiger partial charge in [-0.05, 0) is 86.8 Å². The number of imide groups is 1. The maximum absolute atomic E-state index is 13.8. The molecule has 0 bridgehead atoms. The molecule has 0 unspecified atom stereocenters. The van der Waals surface area contributed by atoms with Gasteiger partial charge in [-0.15, -0.1) is 0 Å². The van der Waals surface area contributed by atoms with Crippen LogP contribution in [0.15, 0.2) is 51.5 Å². The number of benzene rings is 1. The molecule has 2 aromatic rings. The molecule has 2 amide bonds. The number of anilines is 1. The average Bonchev–Trinajstić information content (AvgIpc) is 3.51. The molecule has 3 aliphatic rings. The first kappa shape index (κ1) is 33.0. The van der Waals surface area contributed by atoms with Crippen molar-refractivity contribution in [3.8, 4) is 0 Å². The maximum atomic E-state index is 13.8. The zero-order chi connectivity index (χ0) is 32.8. The smallest absolute Gasteiger partial charge is 0.455 e. The molecule has 2 aliphatic heterocycles. The quantitative estimate of drug-likeness (QED) is 0.143. The van der Waals surface area contributed by atoms with Crippen molar-refractivity contribution < 1.29 is 55.1 Å². The molecular formula is C31H32BF6NO6. The lowest BCUT2D eigenvalue weighted by molar-refractivity contribution is -0.143. The number of hydrogen-bond acceptors (Lipinski definition) is 6. The van der Waals surface area contributed by atoms with Crippen molar-refractivity contribution in [2.24, 2.45) is 17.8 Å². The molecule has 14 heteroatoms. The van der Waals surface area contributed by atoms with Gasteiger partial charge < -0.3 is 19.2 Å². The molecule has 1 aromatic carbocycles. The van der Waals surface area contributed by atoms with Crippen LogP contribution in [-0.2, 0) is 33.2 Å². The number of carbonyl (C=O) groups is 2. The van der Waals surface area contributed by atoms with E-state index in [0.29, 0.717) is 41.4 Å². The number of hydrogen-bond donors (Lipinski definition) is 2. The van der Waals surface area contributed by atoms with Crippen molar-refractivity contribution in [1.82, 2.24) is 0 Å². The lowest BCUT2D eigenvalue weighted by Crippen LogP contribution is -2.46. The second-order valence-electron chi connectivity index (χ2n) is 11.8. The van der Waals surface area contributed by atoms with Crippen LogP contribution in [0, 0.1) is 17.8 Å². The average molecular weight is 639 g/mol. The number of furan rings is 1. The van der Waals surface area contributed by atoms with Gasteiger partial charge in [0.25, 0.3) is 0 Å². The van der Waals surface area contributed by atoms with Crippen LogP contribution in [0.5, 0.6) is 0 Å². The van der Waals surface area contributed by atoms with Crippen molar-refractivity contribution in [3.63, 3.8) is 0 Å². The van der Waals surface area contributed by atoms with E-state index in [-0.39, 0.29) is 25.4 Å². The second kappa shape index (κ2) is 12.4. The predicted octanol–water partition coefficient (Wildman–Crippen LogP) is 6.79. The van der Waals surface area contributed by atoms with Crippen molar-refractivity contribution in [2.75, 3.05) is 4.90 Å². The van der Waals surface area contributed by atoms with Gasteiger partial charge in [0.1, 0.15) is 18.1 Å². The highest BCUT2D eigenvalue weighted by Gasteiger charge is 2.57. The molecule has 7 nitrogen and oxygen atoms in total. The molecule has 0 radical (unpaired) electrons. The first-order valence-electron chi connectivity index (χ1n) is 14.7. The van der Waals surface area contributed by atoms with Crippen LogP contribution < -0.4 is 4.90 Å². The van der Waals surface area contributed by atoms with E-state index in [2.05, 4.69) is 0 Å². The molecule has 2 fully saturated rings. The summed E-state index contributed by atoms with van der Waals surface area (Å²) in [6, 6.07) is 4.12. The van der Waals surface area contributed by atoms with Crippen LogP contribution in [0.25, 0.3) is 6.08 Å². The van der Waals surface area contributed by atoms with Gasteiger partial charge in [0, 0.05) is 0 Å². The Bertz CT molecular complexity index is 1500. The zero-order valence-corrected chi connectivity index (χ0v) is 24.5. The summed E-state index contributed by atoms with van der Waals surface area (Å²) in [6.45, 7) is 3.54. The zero-order valence-electron chi connectivity index (χ0n) is 24.5. The van der Waals surface area contributed by atoms with Gasteiger partial charge >= 0.3 is 19.5 Å². The number of nitrogens with zero attached hydrogens (tertiary/aromatic N) is 1. The Morgan fingerprint density at radius 2 is 1.69 bits per heavy atom. The lowest BCUT2D eigenvalue weighted by atomic mass is 9.58. The SMILES string of the molecule is CCC/C(=C\c1ccc(CO)o1)CC[C@H]1OB(O)C[C@H]2C1=C(C)C[C@H]1C(=O)N(c3cc(C(F)(F)F)cc(C(F)(F)F)c3)C(=O)[C@H]12. The van der Waals surface area contributed by atoms with E-state index in [0.717, 1.165) is 29.6 Å². The predicted molar refractivity (Wildman–Crippen MR) is 151 cm³/mol. The van der Waals surface area contributed by atoms with Gasteiger partial charge in [-0.2, -0.15) is 26.3 Å². The molecule has 2 saturated heterocycles. The first-order valence-corrected chi connectivity index (χ1v) is 14.7. The van der Waals surface area contributed by atoms with Crippen LogP contribution in [-0.4, -0.2) is 35.2 Å². The third-order valence-electron chi connectivity index (χ3n) is 8.77. The molecule has 1 aliphatic carbocycles. The first-order chi connectivity index (χ1) is 21.1. The summed E-state index contributed by atoms with van der Waals surface area (Å²) in [5.74, 6) is -3.56. The van der Waals surface area contributed by atoms with Crippen LogP contribution in [0.4, 0.5) is 32.0 Å². The minimum atomic E-state index is -5.15. The number of amides is 2. The normalized spacial score (nSPS) is 24.4. The largest absolute Gasteiger partial charge is 0.459 e. The van der Waals surface area contributed by atoms with Gasteiger partial charge in [-0.1, -0.05) is 24.5 Å². The summed E-state index contributed by atoms with van der Waals surface area (Å²) in [5.41, 5.74) is -1.56. The fourth-order valence-electron chi connectivity index (χ4n) is 6.91. The Morgan fingerprint density at radius 1 is 1.02 bits per heavy atom. The van der Waals surface area contributed by atoms with Crippen molar-refractivity contribution in [1.29, 1.82) is 0 Å². The van der Waals surface area contributed by atoms with Gasteiger partial charge in [0.2, 0.25) is 11.8 Å². The number of aliphatic hydroxyl groups is 1. The van der Waals surface area contributed by atoms with Crippen molar-refractivity contribution in [3.05, 3.63) is 69.7 Å². The Labute approximate surface area is 255 Å². The number of carbonyl (C=O) groups excluding carboxylic acids is 2. The van der Waals surface area contributed by atoms with E-state index < -0.39 is 72.0 Å². The molecule has 3 heterocycles. The van der Waals surface area contributed by atoms with Crippen LogP contribution >= 0.6 is 0 Å². The monoisotopic (exact) mass is 639 g/mol. The van der Waals surface area contributed by atoms with Gasteiger partial charge in [0.05, 0.1) is 34.8 Å². The molecule has 0 spiro atoms. The summed E-state index contributed by atoms with van der Waals surface area (Å²) in [4.78, 5) is 27.8. The Hall–Kier alpha value is -3.36. The van der Waals surface area contributed by atoms with E-state index in [1.807, 2.05) is 13.0 Å². The summed E-state index contributed by atoms with van der Waals surface area (Å²) in [7, 11) is -1.30. The highest BCUT2D eigenvalue weighted by Crippen LogP contribution is 2.52. The fourth-order valence-corrected chi connectivity index (χ4v) is 6.91. The van der Waals surface area contributed by atoms with Crippen LogP contribution in [0.1, 0.15) is 68.6 Å². The van der Waals surface area contributed by atoms with E-state index in [9.17, 15) is 46.1 Å². The number of allylic oxidation sites excluding steroid dienone is 2. The Balaban J connectivity index is 1.44. The van der Waals surface area contributed by atoms with Gasteiger partial charge in [0.15, 0.2) is 0 Å². The van der Waals surface area contributed by atoms with Crippen LogP contribution in [0.2, 0.25) is 6.32 Å². The highest BCUT2D eigenvalue weighted by atomic mass is 19.4. The molecule has 2 N–H and O–H groups in total. The summed E-state index contributed by atoms with van der Waals surface area (Å²) < 4.78 is 92.9. The molecule has 242 valence electrons. The molecule has 4 atom stereocenters. The molecular weight excluding hydrogens is 607 g/mol. The van der Waals surface area contributed by atoms with Gasteiger partial charge in [-0.25, -0.2) is 4.90 Å². The lowest BCUT2D eigenvalue weighted by Gasteiger charge is -2.42. The molecule has 5 rings (SSSR count). The minimum Gasteiger partial charge on any atom is -0.459 e. The van der Waals surface area contributed by atoms with Gasteiger partial charge in [-0.3, -0.25) is 9.59 Å². The number of aliphatic hydroxyl groups excluding tert-OH is 1.